The molecule has 5 nitrogen and oxygen atoms in total. The molecule has 0 aliphatic heterocycles. The maximum atomic E-state index is 14.0. The summed E-state index contributed by atoms with van der Waals surface area (Å²) in [7, 11) is 0. The summed E-state index contributed by atoms with van der Waals surface area (Å²) in [5.41, 5.74) is 4.35. The molecule has 0 bridgehead atoms. The molecule has 1 aromatic heterocycles. The van der Waals surface area contributed by atoms with E-state index in [4.69, 9.17) is 10.5 Å². The predicted molar refractivity (Wildman–Crippen MR) is 81.5 cm³/mol. The van der Waals surface area contributed by atoms with Crippen molar-refractivity contribution in [1.29, 1.82) is 0 Å². The van der Waals surface area contributed by atoms with E-state index in [1.54, 1.807) is 11.5 Å². The highest BCUT2D eigenvalue weighted by molar-refractivity contribution is 5.99. The van der Waals surface area contributed by atoms with E-state index in [-0.39, 0.29) is 34.7 Å². The smallest absolute Gasteiger partial charge is 0.343 e. The summed E-state index contributed by atoms with van der Waals surface area (Å²) in [6.45, 7) is 3.11. The van der Waals surface area contributed by atoms with E-state index < -0.39 is 28.7 Å². The first kappa shape index (κ1) is 15.5. The van der Waals surface area contributed by atoms with Crippen molar-refractivity contribution in [3.8, 4) is 0 Å². The Morgan fingerprint density at radius 2 is 2.04 bits per heavy atom. The van der Waals surface area contributed by atoms with Crippen molar-refractivity contribution in [2.45, 2.75) is 32.7 Å². The van der Waals surface area contributed by atoms with Gasteiger partial charge in [-0.3, -0.25) is 4.79 Å². The number of fused-ring (bicyclic) bond motifs is 1. The van der Waals surface area contributed by atoms with E-state index in [1.807, 2.05) is 0 Å². The Morgan fingerprint density at radius 3 is 2.61 bits per heavy atom. The number of esters is 1. The number of nitrogen functional groups attached to an aromatic ring is 1. The van der Waals surface area contributed by atoms with Gasteiger partial charge in [-0.25, -0.2) is 13.6 Å². The molecule has 7 heteroatoms. The van der Waals surface area contributed by atoms with Crippen LogP contribution in [0.15, 0.2) is 11.0 Å². The fourth-order valence-corrected chi connectivity index (χ4v) is 2.76. The summed E-state index contributed by atoms with van der Waals surface area (Å²) >= 11 is 0. The average molecular weight is 322 g/mol. The molecule has 0 radical (unpaired) electrons. The lowest BCUT2D eigenvalue weighted by Crippen LogP contribution is -2.23. The normalized spacial score (nSPS) is 14.3. The number of ether oxygens (including phenoxy) is 1. The van der Waals surface area contributed by atoms with Gasteiger partial charge in [0, 0.05) is 17.8 Å². The minimum absolute atomic E-state index is 0.00566. The number of rotatable bonds is 3. The van der Waals surface area contributed by atoms with Crippen molar-refractivity contribution in [3.05, 3.63) is 39.2 Å². The molecule has 1 aliphatic rings. The van der Waals surface area contributed by atoms with Crippen molar-refractivity contribution in [3.63, 3.8) is 0 Å². The molecule has 0 amide bonds. The number of halogens is 2. The average Bonchev–Trinajstić information content (AvgIpc) is 3.35. The molecule has 2 N–H and O–H groups in total. The zero-order valence-corrected chi connectivity index (χ0v) is 12.8. The van der Waals surface area contributed by atoms with Crippen LogP contribution < -0.4 is 11.2 Å². The van der Waals surface area contributed by atoms with Crippen molar-refractivity contribution < 1.29 is 18.3 Å². The van der Waals surface area contributed by atoms with Gasteiger partial charge in [-0.05, 0) is 26.7 Å². The van der Waals surface area contributed by atoms with Crippen LogP contribution in [0.25, 0.3) is 10.9 Å². The number of carbonyl (C=O) groups excluding carboxylic acids is 1. The molecule has 23 heavy (non-hydrogen) atoms. The standard InChI is InChI=1S/C16H16F2N2O3/c1-3-23-16(22)9-6-20(8-4-5-8)14-7(2)11(17)12(18)13(19)10(14)15(9)21/h6,8H,3-5,19H2,1-2H3. The highest BCUT2D eigenvalue weighted by Gasteiger charge is 2.30. The Bertz CT molecular complexity index is 885. The molecule has 1 aromatic carbocycles. The Kier molecular flexibility index (Phi) is 3.58. The minimum Gasteiger partial charge on any atom is -0.462 e. The Hall–Kier alpha value is -2.44. The van der Waals surface area contributed by atoms with Gasteiger partial charge in [0.1, 0.15) is 5.56 Å². The van der Waals surface area contributed by atoms with Crippen molar-refractivity contribution in [1.82, 2.24) is 4.57 Å². The lowest BCUT2D eigenvalue weighted by atomic mass is 10.0. The lowest BCUT2D eigenvalue weighted by molar-refractivity contribution is 0.0524. The first-order valence-corrected chi connectivity index (χ1v) is 7.37. The number of nitrogens with two attached hydrogens (primary N) is 1. The van der Waals surface area contributed by atoms with Crippen LogP contribution in [0.3, 0.4) is 0 Å². The van der Waals surface area contributed by atoms with E-state index in [0.29, 0.717) is 0 Å². The molecular formula is C16H16F2N2O3. The van der Waals surface area contributed by atoms with Crippen molar-refractivity contribution in [2.24, 2.45) is 0 Å². The number of aryl methyl sites for hydroxylation is 1. The summed E-state index contributed by atoms with van der Waals surface area (Å²) in [4.78, 5) is 24.6. The summed E-state index contributed by atoms with van der Waals surface area (Å²) in [6.07, 6.45) is 3.03. The van der Waals surface area contributed by atoms with Gasteiger partial charge in [-0.15, -0.1) is 0 Å². The van der Waals surface area contributed by atoms with Gasteiger partial charge in [-0.1, -0.05) is 0 Å². The molecule has 1 fully saturated rings. The van der Waals surface area contributed by atoms with Crippen molar-refractivity contribution >= 4 is 22.6 Å². The molecule has 122 valence electrons. The van der Waals surface area contributed by atoms with E-state index >= 15 is 0 Å². The van der Waals surface area contributed by atoms with Crippen LogP contribution in [0.4, 0.5) is 14.5 Å². The first-order chi connectivity index (χ1) is 10.9. The van der Waals surface area contributed by atoms with E-state index in [1.165, 1.54) is 13.1 Å². The molecule has 0 unspecified atom stereocenters. The summed E-state index contributed by atoms with van der Waals surface area (Å²) in [5.74, 6) is -3.14. The Labute approximate surface area is 130 Å². The second kappa shape index (κ2) is 5.33. The number of aromatic nitrogens is 1. The van der Waals surface area contributed by atoms with Crippen LogP contribution in [-0.2, 0) is 4.74 Å². The van der Waals surface area contributed by atoms with Gasteiger partial charge in [0.2, 0.25) is 5.43 Å². The van der Waals surface area contributed by atoms with E-state index in [0.717, 1.165) is 12.8 Å². The third-order valence-electron chi connectivity index (χ3n) is 4.05. The van der Waals surface area contributed by atoms with Crippen LogP contribution in [0.1, 0.15) is 41.7 Å². The van der Waals surface area contributed by atoms with Crippen LogP contribution in [0.2, 0.25) is 0 Å². The number of benzene rings is 1. The molecule has 1 heterocycles. The van der Waals surface area contributed by atoms with Gasteiger partial charge in [0.15, 0.2) is 11.6 Å². The zero-order chi connectivity index (χ0) is 16.9. The Balaban J connectivity index is 2.46. The summed E-state index contributed by atoms with van der Waals surface area (Å²) < 4.78 is 34.5. The van der Waals surface area contributed by atoms with Gasteiger partial charge in [-0.2, -0.15) is 0 Å². The number of hydrogen-bond acceptors (Lipinski definition) is 4. The molecule has 1 saturated carbocycles. The summed E-state index contributed by atoms with van der Waals surface area (Å²) in [6, 6.07) is 0.0363. The number of hydrogen-bond donors (Lipinski definition) is 1. The second-order valence-electron chi connectivity index (χ2n) is 5.62. The molecule has 0 spiro atoms. The topological polar surface area (TPSA) is 74.3 Å². The molecule has 1 aliphatic carbocycles. The predicted octanol–water partition coefficient (Wildman–Crippen LogP) is 2.68. The molecular weight excluding hydrogens is 306 g/mol. The third kappa shape index (κ3) is 2.27. The van der Waals surface area contributed by atoms with Crippen molar-refractivity contribution in [2.75, 3.05) is 12.3 Å². The highest BCUT2D eigenvalue weighted by Crippen LogP contribution is 2.39. The third-order valence-corrected chi connectivity index (χ3v) is 4.05. The number of pyridine rings is 1. The van der Waals surface area contributed by atoms with Crippen LogP contribution >= 0.6 is 0 Å². The molecule has 0 saturated heterocycles. The van der Waals surface area contributed by atoms with Crippen LogP contribution in [-0.4, -0.2) is 17.1 Å². The molecule has 3 rings (SSSR count). The summed E-state index contributed by atoms with van der Waals surface area (Å²) in [5, 5.41) is -0.168. The highest BCUT2D eigenvalue weighted by atomic mass is 19.2. The van der Waals surface area contributed by atoms with Crippen LogP contribution in [0.5, 0.6) is 0 Å². The van der Waals surface area contributed by atoms with E-state index in [9.17, 15) is 18.4 Å². The van der Waals surface area contributed by atoms with Gasteiger partial charge >= 0.3 is 5.97 Å². The first-order valence-electron chi connectivity index (χ1n) is 7.37. The lowest BCUT2D eigenvalue weighted by Gasteiger charge is -2.16. The van der Waals surface area contributed by atoms with Gasteiger partial charge in [0.25, 0.3) is 0 Å². The quantitative estimate of drug-likeness (QED) is 0.696. The Morgan fingerprint density at radius 1 is 1.39 bits per heavy atom. The zero-order valence-electron chi connectivity index (χ0n) is 12.8. The minimum atomic E-state index is -1.27. The second-order valence-corrected chi connectivity index (χ2v) is 5.62. The fourth-order valence-electron chi connectivity index (χ4n) is 2.76. The molecule has 0 atom stereocenters. The monoisotopic (exact) mass is 322 g/mol. The fraction of sp³-hybridized carbons (Fsp3) is 0.375. The SMILES string of the molecule is CCOC(=O)c1cn(C2CC2)c2c(C)c(F)c(F)c(N)c2c1=O. The van der Waals surface area contributed by atoms with E-state index in [2.05, 4.69) is 0 Å². The van der Waals surface area contributed by atoms with Crippen LogP contribution in [0, 0.1) is 18.6 Å². The number of nitrogens with zero attached hydrogens (tertiary/aromatic N) is 1. The number of anilines is 1. The number of carbonyl (C=O) groups is 1. The maximum absolute atomic E-state index is 14.0. The molecule has 2 aromatic rings. The van der Waals surface area contributed by atoms with Gasteiger partial charge in [0.05, 0.1) is 23.2 Å². The maximum Gasteiger partial charge on any atom is 0.343 e. The largest absolute Gasteiger partial charge is 0.462 e. The van der Waals surface area contributed by atoms with Gasteiger partial charge < -0.3 is 15.0 Å².